The van der Waals surface area contributed by atoms with Crippen molar-refractivity contribution in [2.45, 2.75) is 321 Å². The maximum Gasteiger partial charge on any atom is 0.336 e. The van der Waals surface area contributed by atoms with E-state index in [9.17, 15) is 4.79 Å². The van der Waals surface area contributed by atoms with E-state index >= 15 is 0 Å². The molecule has 5 aromatic carbocycles. The van der Waals surface area contributed by atoms with E-state index in [1.807, 2.05) is 19.1 Å². The molecule has 6 aromatic rings. The molecule has 1 aliphatic carbocycles. The molecule has 0 radical (unpaired) electrons. The molecule has 0 saturated carbocycles. The number of ether oxygens (including phenoxy) is 12. The van der Waals surface area contributed by atoms with Crippen molar-refractivity contribution in [3.05, 3.63) is 139 Å². The predicted molar refractivity (Wildman–Crippen MR) is 439 cm³/mol. The van der Waals surface area contributed by atoms with Crippen molar-refractivity contribution in [2.75, 3.05) is 79.9 Å². The number of hydrogen-bond acceptors (Lipinski definition) is 15. The third-order valence-electron chi connectivity index (χ3n) is 24.6. The monoisotopic (exact) mass is 1510 g/mol. The van der Waals surface area contributed by atoms with E-state index < -0.39 is 16.8 Å². The van der Waals surface area contributed by atoms with Crippen LogP contribution in [0.2, 0.25) is 0 Å². The molecule has 604 valence electrons. The first-order valence-corrected chi connectivity index (χ1v) is 44.2. The quantitative estimate of drug-likeness (QED) is 0.0265. The van der Waals surface area contributed by atoms with Gasteiger partial charge in [0.15, 0.2) is 24.9 Å². The molecule has 15 nitrogen and oxygen atoms in total. The molecule has 1 aromatic heterocycles. The van der Waals surface area contributed by atoms with Gasteiger partial charge in [-0.25, -0.2) is 4.79 Å². The minimum Gasteiger partial charge on any atom is -0.487 e. The Labute approximate surface area is 659 Å². The highest BCUT2D eigenvalue weighted by molar-refractivity contribution is 5.87. The van der Waals surface area contributed by atoms with Gasteiger partial charge in [-0.05, 0) is 111 Å². The van der Waals surface area contributed by atoms with Crippen LogP contribution in [-0.2, 0) is 36.7 Å². The Bertz CT molecular complexity index is 3850. The molecule has 4 atom stereocenters. The predicted octanol–water partition coefficient (Wildman–Crippen LogP) is 24.3. The Morgan fingerprint density at radius 3 is 1.38 bits per heavy atom. The normalized spacial score (nSPS) is 19.6. The van der Waals surface area contributed by atoms with Gasteiger partial charge in [-0.15, -0.1) is 0 Å². The van der Waals surface area contributed by atoms with E-state index in [4.69, 9.17) is 61.3 Å². The molecular formula is C95H135NO14. The highest BCUT2D eigenvalue weighted by Gasteiger charge is 2.48. The van der Waals surface area contributed by atoms with Crippen molar-refractivity contribution >= 4 is 11.0 Å². The van der Waals surface area contributed by atoms with E-state index in [1.165, 1.54) is 191 Å². The molecule has 8 bridgehead atoms. The summed E-state index contributed by atoms with van der Waals surface area (Å²) in [4.78, 5) is 15.2. The van der Waals surface area contributed by atoms with Crippen LogP contribution in [0.1, 0.15) is 352 Å². The molecule has 0 N–H and O–H groups in total. The molecule has 0 saturated heterocycles. The van der Waals surface area contributed by atoms with Crippen LogP contribution in [-0.4, -0.2) is 84.8 Å². The highest BCUT2D eigenvalue weighted by Crippen LogP contribution is 2.57. The molecule has 0 spiro atoms. The fraction of sp³-hybridized carbons (Fsp3) is 0.653. The number of rotatable bonds is 42. The van der Waals surface area contributed by atoms with Crippen molar-refractivity contribution in [2.24, 2.45) is 0 Å². The Kier molecular flexibility index (Phi) is 32.9. The molecule has 6 aliphatic rings. The van der Waals surface area contributed by atoms with Gasteiger partial charge < -0.3 is 61.3 Å². The maximum atomic E-state index is 12.8. The summed E-state index contributed by atoms with van der Waals surface area (Å²) in [5.74, 6) is 5.50. The maximum absolute atomic E-state index is 12.8. The zero-order chi connectivity index (χ0) is 76.0. The third-order valence-corrected chi connectivity index (χ3v) is 24.6. The van der Waals surface area contributed by atoms with Crippen LogP contribution in [0.4, 0.5) is 0 Å². The first-order valence-electron chi connectivity index (χ1n) is 44.2. The zero-order valence-electron chi connectivity index (χ0n) is 68.2. The Morgan fingerprint density at radius 2 is 0.818 bits per heavy atom. The van der Waals surface area contributed by atoms with Crippen LogP contribution >= 0.6 is 0 Å². The van der Waals surface area contributed by atoms with Gasteiger partial charge in [-0.1, -0.05) is 252 Å². The second-order valence-corrected chi connectivity index (χ2v) is 32.6. The van der Waals surface area contributed by atoms with Crippen molar-refractivity contribution in [3.8, 4) is 46.0 Å². The molecule has 110 heavy (non-hydrogen) atoms. The average molecular weight is 1520 g/mol. The van der Waals surface area contributed by atoms with Crippen molar-refractivity contribution in [1.29, 1.82) is 0 Å². The first kappa shape index (κ1) is 83.0. The van der Waals surface area contributed by atoms with E-state index in [0.717, 1.165) is 167 Å². The number of benzene rings is 5. The van der Waals surface area contributed by atoms with Crippen molar-refractivity contribution in [3.63, 3.8) is 0 Å². The van der Waals surface area contributed by atoms with Gasteiger partial charge in [-0.2, -0.15) is 0 Å². The average Bonchev–Trinajstić information content (AvgIpc) is 0.717. The Morgan fingerprint density at radius 1 is 0.364 bits per heavy atom. The molecular weight excluding hydrogens is 1380 g/mol. The van der Waals surface area contributed by atoms with E-state index in [-0.39, 0.29) is 52.2 Å². The number of fused-ring (bicyclic) bond motifs is 7. The Balaban J connectivity index is 1.00. The van der Waals surface area contributed by atoms with Crippen LogP contribution in [0.15, 0.2) is 82.0 Å². The summed E-state index contributed by atoms with van der Waals surface area (Å²) in [6, 6.07) is 26.6. The fourth-order valence-electron chi connectivity index (χ4n) is 18.3. The topological polar surface area (TPSA) is 144 Å². The van der Waals surface area contributed by atoms with Crippen LogP contribution < -0.4 is 43.5 Å². The van der Waals surface area contributed by atoms with Crippen LogP contribution in [0, 0.1) is 6.92 Å². The van der Waals surface area contributed by atoms with Crippen molar-refractivity contribution < 1.29 is 61.3 Å². The number of nitrogens with zero attached hydrogens (tertiary/aromatic N) is 1. The molecule has 4 unspecified atom stereocenters. The minimum absolute atomic E-state index is 0.00271. The molecule has 6 heterocycles. The largest absolute Gasteiger partial charge is 0.487 e. The molecule has 5 aliphatic heterocycles. The number of unbranched alkanes of at least 4 members (excludes halogenated alkanes) is 32. The van der Waals surface area contributed by atoms with Gasteiger partial charge >= 0.3 is 5.63 Å². The standard InChI is InChI=1S/C95H135NO14/c1-6-10-14-18-22-26-30-34-38-42-76-78-62-79-77(43-39-35-31-27-23-19-15-11-7-2)81-60-74-59-72(66-96-50-52-98-54-56-100-85-47-45-75-71(5)58-90(97)110-92(75)93(85)101-57-55-99-53-51-96)91(81)107-68-104-87(79)64-86(78)102-67-103-88-65-89-83(63-80(76)88)94(108-70-106-89,48-40-36-32-28-24-20-16-12-8-3)73-44-46-84-82(61-73)95(74,109-69-105-84)49-41-37-33-29-25-21-17-13-9-4/h44-47,58-65,76-77H,6-43,48-57,66-70H2,1-5H3. The lowest BCUT2D eigenvalue weighted by Crippen LogP contribution is -2.40. The second kappa shape index (κ2) is 43.7. The molecule has 0 fully saturated rings. The van der Waals surface area contributed by atoms with Gasteiger partial charge in [0, 0.05) is 94.0 Å². The van der Waals surface area contributed by atoms with Crippen LogP contribution in [0.5, 0.6) is 46.0 Å². The smallest absolute Gasteiger partial charge is 0.336 e. The van der Waals surface area contributed by atoms with Crippen molar-refractivity contribution in [1.82, 2.24) is 4.90 Å². The van der Waals surface area contributed by atoms with Gasteiger partial charge in [0.2, 0.25) is 19.3 Å². The highest BCUT2D eigenvalue weighted by atomic mass is 16.7. The third kappa shape index (κ3) is 21.7. The summed E-state index contributed by atoms with van der Waals surface area (Å²) in [6.07, 6.45) is 47.3. The van der Waals surface area contributed by atoms with Crippen LogP contribution in [0.25, 0.3) is 11.0 Å². The number of aryl methyl sites for hydroxylation is 1. The van der Waals surface area contributed by atoms with E-state index in [1.54, 1.807) is 0 Å². The summed E-state index contributed by atoms with van der Waals surface area (Å²) < 4.78 is 88.9. The first-order chi connectivity index (χ1) is 54.2. The molecule has 0 amide bonds. The van der Waals surface area contributed by atoms with Crippen LogP contribution in [0.3, 0.4) is 0 Å². The molecule has 12 rings (SSSR count). The lowest BCUT2D eigenvalue weighted by molar-refractivity contribution is -0.119. The van der Waals surface area contributed by atoms with Gasteiger partial charge in [0.1, 0.15) is 58.9 Å². The van der Waals surface area contributed by atoms with E-state index in [2.05, 4.69) is 87.2 Å². The summed E-state index contributed by atoms with van der Waals surface area (Å²) in [7, 11) is 0. The van der Waals surface area contributed by atoms with E-state index in [0.29, 0.717) is 63.1 Å². The summed E-state index contributed by atoms with van der Waals surface area (Å²) >= 11 is 0. The lowest BCUT2D eigenvalue weighted by atomic mass is 9.73. The summed E-state index contributed by atoms with van der Waals surface area (Å²) in [5, 5.41) is 0.791. The number of hydrogen-bond donors (Lipinski definition) is 0. The lowest BCUT2D eigenvalue weighted by Gasteiger charge is -2.44. The fourth-order valence-corrected chi connectivity index (χ4v) is 18.3. The second-order valence-electron chi connectivity index (χ2n) is 32.6. The SMILES string of the molecule is CCCCCCCCCCCC1c2cc3c4cc2OCOc2cc5c(cc21)C(CCCCCCCCCCC)(OCO5)c1ccc2c(c1)C(CCCCCCCCCCC)(OCO2)c1cc(CN2CCOCCOc5ccc6c(C)cc(=O)oc6c5OCCOCC2)c(c(c1)C3CCCCCCCCCCC)OCO4. The van der Waals surface area contributed by atoms with Gasteiger partial charge in [0.25, 0.3) is 0 Å². The van der Waals surface area contributed by atoms with Gasteiger partial charge in [0.05, 0.1) is 26.4 Å². The summed E-state index contributed by atoms with van der Waals surface area (Å²) in [5.41, 5.74) is 8.83. The van der Waals surface area contributed by atoms with Gasteiger partial charge in [-0.3, -0.25) is 4.90 Å². The zero-order valence-corrected chi connectivity index (χ0v) is 68.2. The minimum atomic E-state index is -0.955. The molecule has 15 heteroatoms. The Hall–Kier alpha value is -6.49. The summed E-state index contributed by atoms with van der Waals surface area (Å²) in [6.45, 7) is 15.1.